The standard InChI is InChI=1S/C21H17NO7/c1-12(23)26-15-8-9-19(28-14(3)25)17(10-15)21-22-11-20(29-21)16-6-4-5-7-18(16)27-13(2)24/h4-11H,1-3H3. The highest BCUT2D eigenvalue weighted by atomic mass is 16.5. The lowest BCUT2D eigenvalue weighted by Crippen LogP contribution is -2.04. The third-order valence-corrected chi connectivity index (χ3v) is 3.61. The maximum atomic E-state index is 11.4. The highest BCUT2D eigenvalue weighted by Gasteiger charge is 2.18. The van der Waals surface area contributed by atoms with Crippen LogP contribution in [0.15, 0.2) is 53.1 Å². The molecule has 3 aromatic rings. The number of benzene rings is 2. The number of rotatable bonds is 5. The molecule has 0 aliphatic rings. The molecule has 0 N–H and O–H groups in total. The largest absolute Gasteiger partial charge is 0.436 e. The number of carbonyl (C=O) groups is 3. The van der Waals surface area contributed by atoms with E-state index in [2.05, 4.69) is 4.98 Å². The fourth-order valence-electron chi connectivity index (χ4n) is 2.59. The summed E-state index contributed by atoms with van der Waals surface area (Å²) in [7, 11) is 0. The van der Waals surface area contributed by atoms with Gasteiger partial charge in [-0.1, -0.05) is 12.1 Å². The van der Waals surface area contributed by atoms with Gasteiger partial charge in [-0.15, -0.1) is 0 Å². The minimum atomic E-state index is -0.529. The Morgan fingerprint density at radius 2 is 1.41 bits per heavy atom. The molecule has 1 heterocycles. The highest BCUT2D eigenvalue weighted by Crippen LogP contribution is 2.37. The molecular formula is C21H17NO7. The summed E-state index contributed by atoms with van der Waals surface area (Å²) in [5, 5.41) is 0. The van der Waals surface area contributed by atoms with Crippen molar-refractivity contribution in [3.05, 3.63) is 48.7 Å². The Morgan fingerprint density at radius 3 is 2.07 bits per heavy atom. The van der Waals surface area contributed by atoms with Crippen LogP contribution in [0.25, 0.3) is 22.8 Å². The van der Waals surface area contributed by atoms with Crippen LogP contribution in [-0.2, 0) is 14.4 Å². The molecule has 0 radical (unpaired) electrons. The lowest BCUT2D eigenvalue weighted by molar-refractivity contribution is -0.133. The van der Waals surface area contributed by atoms with Gasteiger partial charge >= 0.3 is 17.9 Å². The number of nitrogens with zero attached hydrogens (tertiary/aromatic N) is 1. The van der Waals surface area contributed by atoms with E-state index in [-0.39, 0.29) is 17.4 Å². The lowest BCUT2D eigenvalue weighted by Gasteiger charge is -2.09. The van der Waals surface area contributed by atoms with Gasteiger partial charge in [-0.3, -0.25) is 14.4 Å². The van der Waals surface area contributed by atoms with Gasteiger partial charge in [0.2, 0.25) is 5.89 Å². The molecule has 0 aliphatic carbocycles. The zero-order valence-corrected chi connectivity index (χ0v) is 15.9. The third-order valence-electron chi connectivity index (χ3n) is 3.61. The van der Waals surface area contributed by atoms with E-state index in [1.807, 2.05) is 0 Å². The normalized spacial score (nSPS) is 10.3. The van der Waals surface area contributed by atoms with Crippen LogP contribution in [0.1, 0.15) is 20.8 Å². The summed E-state index contributed by atoms with van der Waals surface area (Å²) in [6, 6.07) is 11.3. The zero-order valence-electron chi connectivity index (χ0n) is 15.9. The van der Waals surface area contributed by atoms with Crippen molar-refractivity contribution in [1.29, 1.82) is 0 Å². The Morgan fingerprint density at radius 1 is 0.793 bits per heavy atom. The van der Waals surface area contributed by atoms with Gasteiger partial charge in [-0.2, -0.15) is 0 Å². The second-order valence-electron chi connectivity index (χ2n) is 5.96. The van der Waals surface area contributed by atoms with Gasteiger partial charge in [0.1, 0.15) is 17.2 Å². The van der Waals surface area contributed by atoms with Gasteiger partial charge in [-0.05, 0) is 30.3 Å². The summed E-state index contributed by atoms with van der Waals surface area (Å²) in [5.74, 6) is -0.289. The molecule has 148 valence electrons. The van der Waals surface area contributed by atoms with E-state index in [9.17, 15) is 14.4 Å². The fraction of sp³-hybridized carbons (Fsp3) is 0.143. The molecule has 0 fully saturated rings. The summed E-state index contributed by atoms with van der Waals surface area (Å²) in [6.45, 7) is 3.84. The fourth-order valence-corrected chi connectivity index (χ4v) is 2.59. The molecule has 8 nitrogen and oxygen atoms in total. The van der Waals surface area contributed by atoms with Crippen molar-refractivity contribution in [2.75, 3.05) is 0 Å². The molecule has 0 saturated heterocycles. The van der Waals surface area contributed by atoms with Crippen LogP contribution >= 0.6 is 0 Å². The number of hydrogen-bond donors (Lipinski definition) is 0. The summed E-state index contributed by atoms with van der Waals surface area (Å²) < 4.78 is 21.3. The number of esters is 3. The highest BCUT2D eigenvalue weighted by molar-refractivity contribution is 5.78. The zero-order chi connectivity index (χ0) is 21.0. The predicted octanol–water partition coefficient (Wildman–Crippen LogP) is 3.78. The summed E-state index contributed by atoms with van der Waals surface area (Å²) >= 11 is 0. The summed E-state index contributed by atoms with van der Waals surface area (Å²) in [6.07, 6.45) is 1.45. The predicted molar refractivity (Wildman–Crippen MR) is 101 cm³/mol. The monoisotopic (exact) mass is 395 g/mol. The average Bonchev–Trinajstić information content (AvgIpc) is 3.12. The minimum absolute atomic E-state index is 0.128. The van der Waals surface area contributed by atoms with Gasteiger partial charge in [0.05, 0.1) is 17.3 Å². The number of oxazole rings is 1. The van der Waals surface area contributed by atoms with E-state index in [4.69, 9.17) is 18.6 Å². The molecule has 0 aliphatic heterocycles. The smallest absolute Gasteiger partial charge is 0.308 e. The van der Waals surface area contributed by atoms with Crippen LogP contribution < -0.4 is 14.2 Å². The molecule has 2 aromatic carbocycles. The molecule has 0 bridgehead atoms. The van der Waals surface area contributed by atoms with Gasteiger partial charge in [0.25, 0.3) is 0 Å². The first-order valence-electron chi connectivity index (χ1n) is 8.58. The van der Waals surface area contributed by atoms with Crippen LogP contribution in [0.5, 0.6) is 17.2 Å². The van der Waals surface area contributed by atoms with Crippen molar-refractivity contribution in [1.82, 2.24) is 4.98 Å². The van der Waals surface area contributed by atoms with E-state index in [0.29, 0.717) is 22.6 Å². The van der Waals surface area contributed by atoms with Gasteiger partial charge in [0, 0.05) is 20.8 Å². The van der Waals surface area contributed by atoms with Crippen molar-refractivity contribution in [2.45, 2.75) is 20.8 Å². The van der Waals surface area contributed by atoms with Crippen molar-refractivity contribution in [2.24, 2.45) is 0 Å². The maximum absolute atomic E-state index is 11.4. The number of ether oxygens (including phenoxy) is 3. The van der Waals surface area contributed by atoms with Crippen molar-refractivity contribution < 1.29 is 33.0 Å². The molecule has 0 atom stereocenters. The van der Waals surface area contributed by atoms with Crippen LogP contribution in [0.4, 0.5) is 0 Å². The van der Waals surface area contributed by atoms with E-state index in [1.54, 1.807) is 24.3 Å². The first-order chi connectivity index (χ1) is 13.8. The van der Waals surface area contributed by atoms with Gasteiger partial charge < -0.3 is 18.6 Å². The number of aromatic nitrogens is 1. The van der Waals surface area contributed by atoms with Crippen LogP contribution in [0, 0.1) is 0 Å². The second kappa shape index (κ2) is 8.39. The molecule has 0 unspecified atom stereocenters. The van der Waals surface area contributed by atoms with Gasteiger partial charge in [-0.25, -0.2) is 4.98 Å². The van der Waals surface area contributed by atoms with E-state index < -0.39 is 17.9 Å². The molecule has 0 saturated carbocycles. The molecule has 29 heavy (non-hydrogen) atoms. The molecule has 3 rings (SSSR count). The summed E-state index contributed by atoms with van der Waals surface area (Å²) in [4.78, 5) is 38.2. The minimum Gasteiger partial charge on any atom is -0.436 e. The number of para-hydroxylation sites is 1. The molecule has 1 aromatic heterocycles. The second-order valence-corrected chi connectivity index (χ2v) is 5.96. The van der Waals surface area contributed by atoms with Crippen LogP contribution in [0.3, 0.4) is 0 Å². The Bertz CT molecular complexity index is 1080. The quantitative estimate of drug-likeness (QED) is 0.475. The van der Waals surface area contributed by atoms with Crippen molar-refractivity contribution in [3.63, 3.8) is 0 Å². The lowest BCUT2D eigenvalue weighted by atomic mass is 10.1. The third kappa shape index (κ3) is 4.86. The van der Waals surface area contributed by atoms with Crippen LogP contribution in [0.2, 0.25) is 0 Å². The molecular weight excluding hydrogens is 378 g/mol. The SMILES string of the molecule is CC(=O)Oc1ccc(OC(C)=O)c(-c2ncc(-c3ccccc3OC(C)=O)o2)c1. The van der Waals surface area contributed by atoms with E-state index in [0.717, 1.165) is 0 Å². The van der Waals surface area contributed by atoms with Crippen molar-refractivity contribution >= 4 is 17.9 Å². The Labute approximate surface area is 166 Å². The Kier molecular flexibility index (Phi) is 5.73. The topological polar surface area (TPSA) is 105 Å². The number of hydrogen-bond acceptors (Lipinski definition) is 8. The molecule has 0 amide bonds. The molecule has 0 spiro atoms. The molecule has 8 heteroatoms. The Balaban J connectivity index is 2.04. The maximum Gasteiger partial charge on any atom is 0.308 e. The van der Waals surface area contributed by atoms with Crippen molar-refractivity contribution in [3.8, 4) is 40.0 Å². The average molecular weight is 395 g/mol. The first kappa shape index (κ1) is 19.8. The van der Waals surface area contributed by atoms with E-state index >= 15 is 0 Å². The van der Waals surface area contributed by atoms with Gasteiger partial charge in [0.15, 0.2) is 5.76 Å². The first-order valence-corrected chi connectivity index (χ1v) is 8.58. The van der Waals surface area contributed by atoms with E-state index in [1.165, 1.54) is 45.2 Å². The summed E-state index contributed by atoms with van der Waals surface area (Å²) in [5.41, 5.74) is 0.835. The Hall–Kier alpha value is -3.94. The van der Waals surface area contributed by atoms with Crippen LogP contribution in [-0.4, -0.2) is 22.9 Å². The number of carbonyl (C=O) groups excluding carboxylic acids is 3.